The quantitative estimate of drug-likeness (QED) is 0.564. The summed E-state index contributed by atoms with van der Waals surface area (Å²) in [5.41, 5.74) is 4.74. The average Bonchev–Trinajstić information content (AvgIpc) is 3.07. The monoisotopic (exact) mass is 421 g/mol. The first-order valence-corrected chi connectivity index (χ1v) is 10.0. The van der Waals surface area contributed by atoms with Crippen molar-refractivity contribution in [2.75, 3.05) is 18.1 Å². The van der Waals surface area contributed by atoms with Crippen molar-refractivity contribution < 1.29 is 19.4 Å². The number of carboxylic acids is 1. The Kier molecular flexibility index (Phi) is 5.46. The Morgan fingerprint density at radius 2 is 1.60 bits per heavy atom. The highest BCUT2D eigenvalue weighted by molar-refractivity contribution is 6.31. The van der Waals surface area contributed by atoms with Crippen LogP contribution in [0.25, 0.3) is 11.1 Å². The number of carboxylic acid groups (broad SMARTS) is 1. The molecule has 0 spiro atoms. The van der Waals surface area contributed by atoms with E-state index in [1.165, 1.54) is 17.0 Å². The Morgan fingerprint density at radius 3 is 2.17 bits per heavy atom. The summed E-state index contributed by atoms with van der Waals surface area (Å²) in [5, 5.41) is 9.79. The third-order valence-electron chi connectivity index (χ3n) is 5.35. The van der Waals surface area contributed by atoms with Gasteiger partial charge in [0.25, 0.3) is 0 Å². The molecule has 1 aliphatic carbocycles. The second-order valence-electron chi connectivity index (χ2n) is 7.01. The molecule has 152 valence electrons. The number of carbonyl (C=O) groups is 2. The highest BCUT2D eigenvalue weighted by atomic mass is 35.5. The number of aromatic carboxylic acids is 1. The Balaban J connectivity index is 1.59. The molecule has 0 fully saturated rings. The van der Waals surface area contributed by atoms with Crippen molar-refractivity contribution >= 4 is 29.4 Å². The van der Waals surface area contributed by atoms with E-state index in [-0.39, 0.29) is 30.3 Å². The molecule has 6 heteroatoms. The van der Waals surface area contributed by atoms with Crippen molar-refractivity contribution in [3.05, 3.63) is 88.4 Å². The second kappa shape index (κ2) is 8.20. The van der Waals surface area contributed by atoms with E-state index in [1.807, 2.05) is 36.4 Å². The van der Waals surface area contributed by atoms with Crippen LogP contribution in [-0.4, -0.2) is 30.3 Å². The molecule has 0 aromatic heterocycles. The van der Waals surface area contributed by atoms with Crippen molar-refractivity contribution in [2.45, 2.75) is 12.8 Å². The molecule has 3 aromatic carbocycles. The Labute approximate surface area is 179 Å². The molecule has 0 radical (unpaired) electrons. The van der Waals surface area contributed by atoms with Gasteiger partial charge in [-0.3, -0.25) is 4.90 Å². The summed E-state index contributed by atoms with van der Waals surface area (Å²) in [6.45, 7) is 2.19. The summed E-state index contributed by atoms with van der Waals surface area (Å²) in [6.07, 6.45) is -0.593. The van der Waals surface area contributed by atoms with Crippen molar-refractivity contribution in [1.82, 2.24) is 0 Å². The van der Waals surface area contributed by atoms with Crippen molar-refractivity contribution in [3.63, 3.8) is 0 Å². The first kappa shape index (κ1) is 20.0. The van der Waals surface area contributed by atoms with Crippen LogP contribution in [-0.2, 0) is 4.74 Å². The van der Waals surface area contributed by atoms with Gasteiger partial charge in [0.1, 0.15) is 6.61 Å². The molecule has 0 bridgehead atoms. The van der Waals surface area contributed by atoms with Crippen molar-refractivity contribution in [1.29, 1.82) is 0 Å². The summed E-state index contributed by atoms with van der Waals surface area (Å²) >= 11 is 5.93. The minimum absolute atomic E-state index is 0.0437. The van der Waals surface area contributed by atoms with Gasteiger partial charge in [-0.25, -0.2) is 9.59 Å². The zero-order chi connectivity index (χ0) is 21.3. The van der Waals surface area contributed by atoms with E-state index >= 15 is 0 Å². The second-order valence-corrected chi connectivity index (χ2v) is 7.45. The minimum atomic E-state index is -1.16. The third-order valence-corrected chi connectivity index (χ3v) is 5.59. The molecule has 0 aliphatic heterocycles. The Bertz CT molecular complexity index is 1080. The lowest BCUT2D eigenvalue weighted by molar-refractivity contribution is 0.0697. The fraction of sp³-hybridized carbons (Fsp3) is 0.167. The number of fused-ring (bicyclic) bond motifs is 3. The molecule has 0 atom stereocenters. The van der Waals surface area contributed by atoms with Crippen LogP contribution in [0.15, 0.2) is 66.7 Å². The molecule has 3 aromatic rings. The van der Waals surface area contributed by atoms with Crippen LogP contribution < -0.4 is 4.90 Å². The van der Waals surface area contributed by atoms with Crippen LogP contribution in [0, 0.1) is 0 Å². The highest BCUT2D eigenvalue weighted by Crippen LogP contribution is 2.44. The average molecular weight is 422 g/mol. The number of benzene rings is 3. The summed E-state index contributed by atoms with van der Waals surface area (Å²) < 4.78 is 5.67. The van der Waals surface area contributed by atoms with E-state index in [0.29, 0.717) is 5.02 Å². The van der Waals surface area contributed by atoms with E-state index in [2.05, 4.69) is 12.1 Å². The predicted octanol–water partition coefficient (Wildman–Crippen LogP) is 5.81. The van der Waals surface area contributed by atoms with Gasteiger partial charge in [0.05, 0.1) is 11.3 Å². The highest BCUT2D eigenvalue weighted by Gasteiger charge is 2.30. The predicted molar refractivity (Wildman–Crippen MR) is 117 cm³/mol. The Hall–Kier alpha value is -3.31. The lowest BCUT2D eigenvalue weighted by Crippen LogP contribution is -2.33. The molecule has 0 saturated carbocycles. The van der Waals surface area contributed by atoms with Crippen molar-refractivity contribution in [3.8, 4) is 11.1 Å². The number of hydrogen-bond acceptors (Lipinski definition) is 3. The number of halogens is 1. The first-order chi connectivity index (χ1) is 14.5. The molecule has 1 amide bonds. The van der Waals surface area contributed by atoms with Gasteiger partial charge in [0, 0.05) is 17.5 Å². The van der Waals surface area contributed by atoms with Gasteiger partial charge in [-0.05, 0) is 47.4 Å². The van der Waals surface area contributed by atoms with Crippen LogP contribution in [0.1, 0.15) is 34.3 Å². The van der Waals surface area contributed by atoms with Crippen molar-refractivity contribution in [2.24, 2.45) is 0 Å². The first-order valence-electron chi connectivity index (χ1n) is 9.66. The molecule has 5 nitrogen and oxygen atoms in total. The molecular formula is C24H20ClNO4. The fourth-order valence-corrected chi connectivity index (χ4v) is 4.16. The Morgan fingerprint density at radius 1 is 1.00 bits per heavy atom. The smallest absolute Gasteiger partial charge is 0.414 e. The summed E-state index contributed by atoms with van der Waals surface area (Å²) in [7, 11) is 0. The standard InChI is InChI=1S/C24H20ClNO4/c1-2-26(22-12-11-15(25)13-20(22)23(27)28)24(29)30-14-21-18-9-5-3-7-16(18)17-8-4-6-10-19(17)21/h3-13,21H,2,14H2,1H3,(H,27,28). The molecule has 1 aliphatic rings. The maximum absolute atomic E-state index is 12.9. The lowest BCUT2D eigenvalue weighted by atomic mass is 9.98. The van der Waals surface area contributed by atoms with Crippen LogP contribution in [0.5, 0.6) is 0 Å². The number of rotatable bonds is 5. The van der Waals surface area contributed by atoms with Gasteiger partial charge in [-0.2, -0.15) is 0 Å². The summed E-state index contributed by atoms with van der Waals surface area (Å²) in [4.78, 5) is 25.8. The van der Waals surface area contributed by atoms with Crippen LogP contribution >= 0.6 is 11.6 Å². The SMILES string of the molecule is CCN(C(=O)OCC1c2ccccc2-c2ccccc21)c1ccc(Cl)cc1C(=O)O. The molecule has 0 saturated heterocycles. The number of hydrogen-bond donors (Lipinski definition) is 1. The maximum Gasteiger partial charge on any atom is 0.414 e. The topological polar surface area (TPSA) is 66.8 Å². The normalized spacial score (nSPS) is 12.2. The van der Waals surface area contributed by atoms with Crippen LogP contribution in [0.3, 0.4) is 0 Å². The van der Waals surface area contributed by atoms with Crippen LogP contribution in [0.2, 0.25) is 5.02 Å². The van der Waals surface area contributed by atoms with E-state index in [0.717, 1.165) is 22.3 Å². The molecule has 0 unspecified atom stereocenters. The van der Waals surface area contributed by atoms with E-state index < -0.39 is 12.1 Å². The van der Waals surface area contributed by atoms with Gasteiger partial charge in [-0.1, -0.05) is 60.1 Å². The van der Waals surface area contributed by atoms with E-state index in [1.54, 1.807) is 13.0 Å². The zero-order valence-corrected chi connectivity index (χ0v) is 17.1. The third kappa shape index (κ3) is 3.53. The number of carbonyl (C=O) groups excluding carboxylic acids is 1. The number of ether oxygens (including phenoxy) is 1. The van der Waals surface area contributed by atoms with Gasteiger partial charge in [0.15, 0.2) is 0 Å². The van der Waals surface area contributed by atoms with Gasteiger partial charge in [-0.15, -0.1) is 0 Å². The van der Waals surface area contributed by atoms with Crippen LogP contribution in [0.4, 0.5) is 10.5 Å². The van der Waals surface area contributed by atoms with Gasteiger partial charge >= 0.3 is 12.1 Å². The number of nitrogens with zero attached hydrogens (tertiary/aromatic N) is 1. The lowest BCUT2D eigenvalue weighted by Gasteiger charge is -2.23. The van der Waals surface area contributed by atoms with E-state index in [9.17, 15) is 14.7 Å². The largest absolute Gasteiger partial charge is 0.478 e. The van der Waals surface area contributed by atoms with Gasteiger partial charge < -0.3 is 9.84 Å². The fourth-order valence-electron chi connectivity index (χ4n) is 3.98. The maximum atomic E-state index is 12.9. The summed E-state index contributed by atoms with van der Waals surface area (Å²) in [6, 6.07) is 20.6. The van der Waals surface area contributed by atoms with E-state index in [4.69, 9.17) is 16.3 Å². The molecule has 0 heterocycles. The molecular weight excluding hydrogens is 402 g/mol. The number of anilines is 1. The van der Waals surface area contributed by atoms with Gasteiger partial charge in [0.2, 0.25) is 0 Å². The molecule has 4 rings (SSSR count). The number of amides is 1. The zero-order valence-electron chi connectivity index (χ0n) is 16.3. The minimum Gasteiger partial charge on any atom is -0.478 e. The molecule has 30 heavy (non-hydrogen) atoms. The molecule has 1 N–H and O–H groups in total. The summed E-state index contributed by atoms with van der Waals surface area (Å²) in [5.74, 6) is -1.22.